The molecule has 0 unspecified atom stereocenters. The van der Waals surface area contributed by atoms with Crippen molar-refractivity contribution in [1.82, 2.24) is 9.78 Å². The Bertz CT molecular complexity index is 1080. The van der Waals surface area contributed by atoms with Crippen LogP contribution in [0.25, 0.3) is 5.69 Å². The van der Waals surface area contributed by atoms with Gasteiger partial charge in [0.1, 0.15) is 12.4 Å². The highest BCUT2D eigenvalue weighted by Gasteiger charge is 2.08. The molecule has 0 radical (unpaired) electrons. The predicted molar refractivity (Wildman–Crippen MR) is 110 cm³/mol. The van der Waals surface area contributed by atoms with Crippen LogP contribution in [0.1, 0.15) is 27.2 Å². The summed E-state index contributed by atoms with van der Waals surface area (Å²) in [5.74, 6) is 0.616. The zero-order valence-corrected chi connectivity index (χ0v) is 16.0. The number of aryl methyl sites for hydroxylation is 1. The molecular weight excluding hydrogens is 366 g/mol. The quantitative estimate of drug-likeness (QED) is 0.497. The van der Waals surface area contributed by atoms with Crippen molar-refractivity contribution in [3.05, 3.63) is 102 Å². The van der Waals surface area contributed by atoms with Crippen LogP contribution in [0.2, 0.25) is 0 Å². The zero-order chi connectivity index (χ0) is 20.1. The summed E-state index contributed by atoms with van der Waals surface area (Å²) in [4.78, 5) is 12.6. The van der Waals surface area contributed by atoms with Gasteiger partial charge in [-0.1, -0.05) is 12.1 Å². The number of carbonyl (C=O) groups excluding carboxylic acids is 1. The lowest BCUT2D eigenvalue weighted by Gasteiger charge is -2.09. The highest BCUT2D eigenvalue weighted by Crippen LogP contribution is 2.15. The predicted octanol–water partition coefficient (Wildman–Crippen LogP) is 4.74. The Morgan fingerprint density at radius 2 is 1.97 bits per heavy atom. The maximum absolute atomic E-state index is 12.6. The Morgan fingerprint density at radius 3 is 2.69 bits per heavy atom. The Labute approximate surface area is 168 Å². The second kappa shape index (κ2) is 8.58. The van der Waals surface area contributed by atoms with Gasteiger partial charge in [-0.2, -0.15) is 5.10 Å². The molecule has 2 heterocycles. The number of nitrogens with zero attached hydrogens (tertiary/aromatic N) is 2. The molecule has 1 amide bonds. The average Bonchev–Trinajstić information content (AvgIpc) is 3.40. The van der Waals surface area contributed by atoms with Crippen LogP contribution in [0.15, 0.2) is 83.7 Å². The van der Waals surface area contributed by atoms with Crippen molar-refractivity contribution < 1.29 is 13.9 Å². The van der Waals surface area contributed by atoms with Crippen LogP contribution in [-0.4, -0.2) is 15.7 Å². The van der Waals surface area contributed by atoms with Crippen LogP contribution in [0.5, 0.6) is 0 Å². The van der Waals surface area contributed by atoms with Crippen LogP contribution < -0.4 is 5.32 Å². The standard InChI is InChI=1S/C23H21N3O3/c1-17-13-24-26(14-17)21-9-7-19(8-10-21)23(27)25-20-5-2-4-18(12-20)15-28-16-22-6-3-11-29-22/h2-14H,15-16H2,1H3,(H,25,27). The second-order valence-corrected chi connectivity index (χ2v) is 6.74. The number of carbonyl (C=O) groups is 1. The van der Waals surface area contributed by atoms with E-state index in [0.717, 1.165) is 28.3 Å². The summed E-state index contributed by atoms with van der Waals surface area (Å²) in [5, 5.41) is 7.21. The number of amides is 1. The van der Waals surface area contributed by atoms with Crippen molar-refractivity contribution in [2.24, 2.45) is 0 Å². The number of ether oxygens (including phenoxy) is 1. The van der Waals surface area contributed by atoms with E-state index in [0.29, 0.717) is 18.8 Å². The van der Waals surface area contributed by atoms with E-state index in [4.69, 9.17) is 9.15 Å². The molecule has 4 aromatic rings. The van der Waals surface area contributed by atoms with Crippen molar-refractivity contribution in [2.75, 3.05) is 5.32 Å². The largest absolute Gasteiger partial charge is 0.467 e. The van der Waals surface area contributed by atoms with E-state index in [1.165, 1.54) is 0 Å². The molecule has 0 aliphatic carbocycles. The maximum Gasteiger partial charge on any atom is 0.255 e. The van der Waals surface area contributed by atoms with Gasteiger partial charge in [-0.3, -0.25) is 4.79 Å². The number of aromatic nitrogens is 2. The number of furan rings is 1. The molecule has 1 N–H and O–H groups in total. The van der Waals surface area contributed by atoms with Crippen molar-refractivity contribution in [3.8, 4) is 5.69 Å². The summed E-state index contributed by atoms with van der Waals surface area (Å²) in [6.45, 7) is 2.83. The summed E-state index contributed by atoms with van der Waals surface area (Å²) in [5.41, 5.74) is 4.27. The van der Waals surface area contributed by atoms with Gasteiger partial charge in [0.05, 0.1) is 24.8 Å². The van der Waals surface area contributed by atoms with Crippen molar-refractivity contribution >= 4 is 11.6 Å². The molecule has 0 fully saturated rings. The number of nitrogens with one attached hydrogen (secondary N) is 1. The molecule has 0 spiro atoms. The highest BCUT2D eigenvalue weighted by molar-refractivity contribution is 6.04. The van der Waals surface area contributed by atoms with Crippen LogP contribution in [-0.2, 0) is 18.0 Å². The van der Waals surface area contributed by atoms with Crippen LogP contribution >= 0.6 is 0 Å². The number of rotatable bonds is 7. The lowest BCUT2D eigenvalue weighted by atomic mass is 10.1. The molecule has 2 aromatic carbocycles. The minimum Gasteiger partial charge on any atom is -0.467 e. The van der Waals surface area contributed by atoms with Gasteiger partial charge in [0, 0.05) is 17.4 Å². The number of benzene rings is 2. The Balaban J connectivity index is 1.36. The first-order valence-corrected chi connectivity index (χ1v) is 9.29. The van der Waals surface area contributed by atoms with Gasteiger partial charge in [-0.25, -0.2) is 4.68 Å². The summed E-state index contributed by atoms with van der Waals surface area (Å²) >= 11 is 0. The number of hydrogen-bond donors (Lipinski definition) is 1. The van der Waals surface area contributed by atoms with Gasteiger partial charge in [0.15, 0.2) is 0 Å². The summed E-state index contributed by atoms with van der Waals surface area (Å²) < 4.78 is 12.7. The summed E-state index contributed by atoms with van der Waals surface area (Å²) in [6.07, 6.45) is 5.36. The SMILES string of the molecule is Cc1cnn(-c2ccc(C(=O)Nc3cccc(COCc4ccco4)c3)cc2)c1. The first-order chi connectivity index (χ1) is 14.2. The van der Waals surface area contributed by atoms with Gasteiger partial charge in [-0.05, 0) is 66.6 Å². The van der Waals surface area contributed by atoms with Gasteiger partial charge in [0.25, 0.3) is 5.91 Å². The molecule has 0 aliphatic heterocycles. The molecule has 29 heavy (non-hydrogen) atoms. The molecule has 146 valence electrons. The third-order valence-electron chi connectivity index (χ3n) is 4.38. The van der Waals surface area contributed by atoms with Crippen LogP contribution in [0.4, 0.5) is 5.69 Å². The van der Waals surface area contributed by atoms with E-state index in [2.05, 4.69) is 10.4 Å². The Kier molecular flexibility index (Phi) is 5.54. The second-order valence-electron chi connectivity index (χ2n) is 6.74. The van der Waals surface area contributed by atoms with E-state index in [1.54, 1.807) is 29.3 Å². The molecule has 0 bridgehead atoms. The van der Waals surface area contributed by atoms with Crippen LogP contribution in [0.3, 0.4) is 0 Å². The minimum absolute atomic E-state index is 0.165. The molecular formula is C23H21N3O3. The first-order valence-electron chi connectivity index (χ1n) is 9.29. The average molecular weight is 387 g/mol. The minimum atomic E-state index is -0.165. The monoisotopic (exact) mass is 387 g/mol. The molecule has 0 atom stereocenters. The maximum atomic E-state index is 12.6. The number of hydrogen-bond acceptors (Lipinski definition) is 4. The number of anilines is 1. The van der Waals surface area contributed by atoms with Crippen molar-refractivity contribution in [1.29, 1.82) is 0 Å². The molecule has 4 rings (SSSR count). The van der Waals surface area contributed by atoms with E-state index in [-0.39, 0.29) is 5.91 Å². The molecule has 0 aliphatic rings. The molecule has 0 saturated heterocycles. The fraction of sp³-hybridized carbons (Fsp3) is 0.130. The normalized spacial score (nSPS) is 10.8. The van der Waals surface area contributed by atoms with Gasteiger partial charge in [-0.15, -0.1) is 0 Å². The van der Waals surface area contributed by atoms with Crippen molar-refractivity contribution in [3.63, 3.8) is 0 Å². The van der Waals surface area contributed by atoms with E-state index in [9.17, 15) is 4.79 Å². The topological polar surface area (TPSA) is 69.3 Å². The zero-order valence-electron chi connectivity index (χ0n) is 16.0. The van der Waals surface area contributed by atoms with Crippen LogP contribution in [0, 0.1) is 6.92 Å². The fourth-order valence-electron chi connectivity index (χ4n) is 2.93. The summed E-state index contributed by atoms with van der Waals surface area (Å²) in [7, 11) is 0. The van der Waals surface area contributed by atoms with E-state index >= 15 is 0 Å². The van der Waals surface area contributed by atoms with E-state index < -0.39 is 0 Å². The first kappa shape index (κ1) is 18.7. The molecule has 0 saturated carbocycles. The third kappa shape index (κ3) is 4.80. The van der Waals surface area contributed by atoms with Crippen molar-refractivity contribution in [2.45, 2.75) is 20.1 Å². The smallest absolute Gasteiger partial charge is 0.255 e. The lowest BCUT2D eigenvalue weighted by molar-refractivity contribution is 0.0929. The highest BCUT2D eigenvalue weighted by atomic mass is 16.5. The summed E-state index contributed by atoms with van der Waals surface area (Å²) in [6, 6.07) is 18.6. The fourth-order valence-corrected chi connectivity index (χ4v) is 2.93. The third-order valence-corrected chi connectivity index (χ3v) is 4.38. The molecule has 6 nitrogen and oxygen atoms in total. The lowest BCUT2D eigenvalue weighted by Crippen LogP contribution is -2.12. The Hall–Kier alpha value is -3.64. The van der Waals surface area contributed by atoms with E-state index in [1.807, 2.05) is 61.7 Å². The van der Waals surface area contributed by atoms with Gasteiger partial charge < -0.3 is 14.5 Å². The van der Waals surface area contributed by atoms with Gasteiger partial charge >= 0.3 is 0 Å². The molecule has 2 aromatic heterocycles. The van der Waals surface area contributed by atoms with Gasteiger partial charge in [0.2, 0.25) is 0 Å². The molecule has 6 heteroatoms. The Morgan fingerprint density at radius 1 is 1.10 bits per heavy atom.